The molecular formula is C15H14Cl2N2O3S. The zero-order valence-electron chi connectivity index (χ0n) is 12.1. The number of sulfonamides is 1. The molecule has 1 amide bonds. The van der Waals surface area contributed by atoms with Gasteiger partial charge in [0, 0.05) is 17.8 Å². The minimum Gasteiger partial charge on any atom is -0.322 e. The number of rotatable bonds is 5. The van der Waals surface area contributed by atoms with Crippen LogP contribution in [-0.4, -0.2) is 20.9 Å². The van der Waals surface area contributed by atoms with E-state index in [1.807, 2.05) is 0 Å². The SMILES string of the molecule is CCNS(=O)(=O)c1ccc(NC(=O)c2ccc(Cl)c(Cl)c2)cc1. The molecule has 0 saturated heterocycles. The molecular weight excluding hydrogens is 359 g/mol. The zero-order valence-corrected chi connectivity index (χ0v) is 14.5. The van der Waals surface area contributed by atoms with E-state index in [1.165, 1.54) is 36.4 Å². The van der Waals surface area contributed by atoms with Crippen LogP contribution in [0.4, 0.5) is 5.69 Å². The molecule has 0 saturated carbocycles. The summed E-state index contributed by atoms with van der Waals surface area (Å²) in [5.41, 5.74) is 0.820. The smallest absolute Gasteiger partial charge is 0.255 e. The Morgan fingerprint density at radius 3 is 2.26 bits per heavy atom. The lowest BCUT2D eigenvalue weighted by atomic mass is 10.2. The van der Waals surface area contributed by atoms with E-state index in [2.05, 4.69) is 10.0 Å². The second-order valence-electron chi connectivity index (χ2n) is 4.61. The molecule has 5 nitrogen and oxygen atoms in total. The summed E-state index contributed by atoms with van der Waals surface area (Å²) in [6.45, 7) is 2.00. The first kappa shape index (κ1) is 17.7. The molecule has 0 aliphatic carbocycles. The van der Waals surface area contributed by atoms with Gasteiger partial charge in [-0.25, -0.2) is 13.1 Å². The van der Waals surface area contributed by atoms with E-state index < -0.39 is 10.0 Å². The van der Waals surface area contributed by atoms with Crippen molar-refractivity contribution in [2.24, 2.45) is 0 Å². The van der Waals surface area contributed by atoms with E-state index in [0.29, 0.717) is 22.8 Å². The molecule has 0 aliphatic heterocycles. The summed E-state index contributed by atoms with van der Waals surface area (Å²) in [4.78, 5) is 12.2. The van der Waals surface area contributed by atoms with Gasteiger partial charge in [0.05, 0.1) is 14.9 Å². The van der Waals surface area contributed by atoms with Crippen LogP contribution in [-0.2, 0) is 10.0 Å². The van der Waals surface area contributed by atoms with Gasteiger partial charge in [0.15, 0.2) is 0 Å². The first-order valence-corrected chi connectivity index (χ1v) is 8.93. The fourth-order valence-corrected chi connectivity index (χ4v) is 3.17. The monoisotopic (exact) mass is 372 g/mol. The Morgan fingerprint density at radius 2 is 1.70 bits per heavy atom. The van der Waals surface area contributed by atoms with E-state index in [9.17, 15) is 13.2 Å². The summed E-state index contributed by atoms with van der Waals surface area (Å²) in [6.07, 6.45) is 0. The quantitative estimate of drug-likeness (QED) is 0.842. The number of anilines is 1. The molecule has 2 aromatic carbocycles. The van der Waals surface area contributed by atoms with Crippen molar-refractivity contribution in [3.63, 3.8) is 0 Å². The van der Waals surface area contributed by atoms with Gasteiger partial charge in [-0.15, -0.1) is 0 Å². The Balaban J connectivity index is 2.14. The van der Waals surface area contributed by atoms with Crippen LogP contribution in [0.3, 0.4) is 0 Å². The average Bonchev–Trinajstić information content (AvgIpc) is 2.50. The average molecular weight is 373 g/mol. The zero-order chi connectivity index (χ0) is 17.0. The molecule has 8 heteroatoms. The van der Waals surface area contributed by atoms with Crippen LogP contribution in [0.1, 0.15) is 17.3 Å². The third kappa shape index (κ3) is 4.45. The molecule has 2 rings (SSSR count). The van der Waals surface area contributed by atoms with Gasteiger partial charge in [-0.2, -0.15) is 0 Å². The fourth-order valence-electron chi connectivity index (χ4n) is 1.83. The maximum atomic E-state index is 12.1. The normalized spacial score (nSPS) is 11.3. The van der Waals surface area contributed by atoms with Crippen molar-refractivity contribution in [3.8, 4) is 0 Å². The molecule has 0 atom stereocenters. The number of carbonyl (C=O) groups excluding carboxylic acids is 1. The van der Waals surface area contributed by atoms with Crippen LogP contribution in [0.25, 0.3) is 0 Å². The molecule has 2 N–H and O–H groups in total. The summed E-state index contributed by atoms with van der Waals surface area (Å²) >= 11 is 11.7. The van der Waals surface area contributed by atoms with E-state index >= 15 is 0 Å². The minimum absolute atomic E-state index is 0.131. The Bertz CT molecular complexity index is 821. The first-order valence-electron chi connectivity index (χ1n) is 6.69. The van der Waals surface area contributed by atoms with Crippen molar-refractivity contribution >= 4 is 44.8 Å². The van der Waals surface area contributed by atoms with E-state index in [1.54, 1.807) is 13.0 Å². The van der Waals surface area contributed by atoms with Gasteiger partial charge in [0.1, 0.15) is 0 Å². The molecule has 0 unspecified atom stereocenters. The Morgan fingerprint density at radius 1 is 1.04 bits per heavy atom. The molecule has 122 valence electrons. The van der Waals surface area contributed by atoms with E-state index in [4.69, 9.17) is 23.2 Å². The van der Waals surface area contributed by atoms with Gasteiger partial charge in [0.25, 0.3) is 5.91 Å². The molecule has 0 bridgehead atoms. The highest BCUT2D eigenvalue weighted by atomic mass is 35.5. The van der Waals surface area contributed by atoms with Crippen molar-refractivity contribution in [1.29, 1.82) is 0 Å². The number of carbonyl (C=O) groups is 1. The number of halogens is 2. The largest absolute Gasteiger partial charge is 0.322 e. The third-order valence-corrected chi connectivity index (χ3v) is 5.24. The lowest BCUT2D eigenvalue weighted by Gasteiger charge is -2.08. The Labute approximate surface area is 144 Å². The topological polar surface area (TPSA) is 75.3 Å². The van der Waals surface area contributed by atoms with Gasteiger partial charge in [0.2, 0.25) is 10.0 Å². The number of hydrogen-bond acceptors (Lipinski definition) is 3. The maximum Gasteiger partial charge on any atom is 0.255 e. The van der Waals surface area contributed by atoms with Crippen LogP contribution < -0.4 is 10.0 Å². The second-order valence-corrected chi connectivity index (χ2v) is 7.19. The van der Waals surface area contributed by atoms with Gasteiger partial charge < -0.3 is 5.32 Å². The highest BCUT2D eigenvalue weighted by Crippen LogP contribution is 2.23. The summed E-state index contributed by atoms with van der Waals surface area (Å²) in [7, 11) is -3.51. The summed E-state index contributed by atoms with van der Waals surface area (Å²) in [6, 6.07) is 10.4. The van der Waals surface area contributed by atoms with Crippen molar-refractivity contribution < 1.29 is 13.2 Å². The molecule has 0 aromatic heterocycles. The lowest BCUT2D eigenvalue weighted by Crippen LogP contribution is -2.23. The molecule has 0 fully saturated rings. The van der Waals surface area contributed by atoms with Gasteiger partial charge in [-0.1, -0.05) is 30.1 Å². The first-order chi connectivity index (χ1) is 10.8. The number of hydrogen-bond donors (Lipinski definition) is 2. The van der Waals surface area contributed by atoms with E-state index in [-0.39, 0.29) is 15.8 Å². The Hall–Kier alpha value is -1.60. The van der Waals surface area contributed by atoms with Crippen LogP contribution in [0.5, 0.6) is 0 Å². The van der Waals surface area contributed by atoms with Gasteiger partial charge >= 0.3 is 0 Å². The number of benzene rings is 2. The van der Waals surface area contributed by atoms with Crippen molar-refractivity contribution in [1.82, 2.24) is 4.72 Å². The van der Waals surface area contributed by atoms with Gasteiger partial charge in [-0.05, 0) is 42.5 Å². The van der Waals surface area contributed by atoms with Crippen molar-refractivity contribution in [2.75, 3.05) is 11.9 Å². The summed E-state index contributed by atoms with van der Waals surface area (Å²) in [5.74, 6) is -0.370. The molecule has 0 spiro atoms. The Kier molecular flexibility index (Phi) is 5.64. The van der Waals surface area contributed by atoms with Crippen LogP contribution in [0.15, 0.2) is 47.4 Å². The highest BCUT2D eigenvalue weighted by Gasteiger charge is 2.13. The fraction of sp³-hybridized carbons (Fsp3) is 0.133. The summed E-state index contributed by atoms with van der Waals surface area (Å²) < 4.78 is 26.1. The second kappa shape index (κ2) is 7.31. The van der Waals surface area contributed by atoms with E-state index in [0.717, 1.165) is 0 Å². The molecule has 2 aromatic rings. The number of amides is 1. The molecule has 0 heterocycles. The molecule has 23 heavy (non-hydrogen) atoms. The standard InChI is InChI=1S/C15H14Cl2N2O3S/c1-2-18-23(21,22)12-6-4-11(5-7-12)19-15(20)10-3-8-13(16)14(17)9-10/h3-9,18H,2H2,1H3,(H,19,20). The highest BCUT2D eigenvalue weighted by molar-refractivity contribution is 7.89. The number of nitrogens with one attached hydrogen (secondary N) is 2. The van der Waals surface area contributed by atoms with Crippen molar-refractivity contribution in [2.45, 2.75) is 11.8 Å². The van der Waals surface area contributed by atoms with Gasteiger partial charge in [-0.3, -0.25) is 4.79 Å². The predicted molar refractivity (Wildman–Crippen MR) is 91.7 cm³/mol. The molecule has 0 aliphatic rings. The maximum absolute atomic E-state index is 12.1. The predicted octanol–water partition coefficient (Wildman–Crippen LogP) is 3.54. The summed E-state index contributed by atoms with van der Waals surface area (Å²) in [5, 5.41) is 3.31. The van der Waals surface area contributed by atoms with Crippen LogP contribution in [0.2, 0.25) is 10.0 Å². The minimum atomic E-state index is -3.51. The molecule has 0 radical (unpaired) electrons. The van der Waals surface area contributed by atoms with Crippen LogP contribution >= 0.6 is 23.2 Å². The van der Waals surface area contributed by atoms with Crippen LogP contribution in [0, 0.1) is 0 Å². The lowest BCUT2D eigenvalue weighted by molar-refractivity contribution is 0.102. The third-order valence-electron chi connectivity index (χ3n) is 2.94. The van der Waals surface area contributed by atoms with Crippen molar-refractivity contribution in [3.05, 3.63) is 58.1 Å².